The fourth-order valence-corrected chi connectivity index (χ4v) is 5.12. The summed E-state index contributed by atoms with van der Waals surface area (Å²) in [5.41, 5.74) is 0.744. The molecule has 31 heavy (non-hydrogen) atoms. The topological polar surface area (TPSA) is 70.4 Å². The summed E-state index contributed by atoms with van der Waals surface area (Å²) in [6.07, 6.45) is 3.97. The Bertz CT molecular complexity index is 916. The molecule has 10 heteroatoms. The molecule has 1 saturated carbocycles. The third kappa shape index (κ3) is 5.17. The number of fused-ring (bicyclic) bond motifs is 1. The van der Waals surface area contributed by atoms with Gasteiger partial charge in [0.05, 0.1) is 42.0 Å². The van der Waals surface area contributed by atoms with Gasteiger partial charge in [-0.15, -0.1) is 11.8 Å². The van der Waals surface area contributed by atoms with E-state index in [9.17, 15) is 23.1 Å². The molecule has 2 N–H and O–H groups in total. The summed E-state index contributed by atoms with van der Waals surface area (Å²) in [5.74, 6) is -4.29. The molecule has 2 aromatic rings. The minimum absolute atomic E-state index is 0.146. The molecule has 6 nitrogen and oxygen atoms in total. The van der Waals surface area contributed by atoms with Crippen LogP contribution in [0.5, 0.6) is 0 Å². The third-order valence-electron chi connectivity index (χ3n) is 5.35. The summed E-state index contributed by atoms with van der Waals surface area (Å²) in [7, 11) is 0. The van der Waals surface area contributed by atoms with E-state index in [0.717, 1.165) is 42.0 Å². The van der Waals surface area contributed by atoms with Crippen molar-refractivity contribution in [2.24, 2.45) is 0 Å². The summed E-state index contributed by atoms with van der Waals surface area (Å²) in [5, 5.41) is 16.9. The number of carbonyl (C=O) groups is 1. The van der Waals surface area contributed by atoms with Crippen molar-refractivity contribution in [2.45, 2.75) is 75.4 Å². The maximum absolute atomic E-state index is 13.4. The number of thioether (sulfide) groups is 1. The molecule has 2 heterocycles. The van der Waals surface area contributed by atoms with Gasteiger partial charge in [0.25, 0.3) is 0 Å². The minimum atomic E-state index is -1.57. The van der Waals surface area contributed by atoms with Crippen LogP contribution >= 0.6 is 11.8 Å². The molecule has 0 bridgehead atoms. The van der Waals surface area contributed by atoms with Gasteiger partial charge in [-0.25, -0.2) is 18.0 Å². The number of nitrogens with one attached hydrogen (secondary N) is 1. The van der Waals surface area contributed by atoms with E-state index in [1.807, 2.05) is 25.5 Å². The number of hydrogen-bond acceptors (Lipinski definition) is 4. The first-order chi connectivity index (χ1) is 14.8. The maximum Gasteiger partial charge on any atom is 0.322 e. The molecule has 1 aliphatic carbocycles. The molecule has 0 saturated heterocycles. The molecule has 1 aliphatic heterocycles. The number of anilines is 1. The molecule has 0 radical (unpaired) electrons. The van der Waals surface area contributed by atoms with E-state index < -0.39 is 23.5 Å². The van der Waals surface area contributed by atoms with E-state index in [-0.39, 0.29) is 24.4 Å². The monoisotopic (exact) mass is 456 g/mol. The summed E-state index contributed by atoms with van der Waals surface area (Å²) in [6, 6.07) is 0.787. The first-order valence-corrected chi connectivity index (χ1v) is 11.3. The van der Waals surface area contributed by atoms with Crippen LogP contribution in [-0.2, 0) is 13.1 Å². The Morgan fingerprint density at radius 1 is 1.23 bits per heavy atom. The molecule has 0 spiro atoms. The lowest BCUT2D eigenvalue weighted by Gasteiger charge is -2.34. The number of carbonyl (C=O) groups excluding carboxylic acids is 1. The Kier molecular flexibility index (Phi) is 7.53. The highest BCUT2D eigenvalue weighted by molar-refractivity contribution is 8.00. The quantitative estimate of drug-likeness (QED) is 0.653. The molecule has 1 aromatic carbocycles. The highest BCUT2D eigenvalue weighted by Gasteiger charge is 2.32. The van der Waals surface area contributed by atoms with Gasteiger partial charge in [-0.2, -0.15) is 5.10 Å². The van der Waals surface area contributed by atoms with Crippen molar-refractivity contribution >= 4 is 23.5 Å². The van der Waals surface area contributed by atoms with Crippen LogP contribution in [0, 0.1) is 17.5 Å². The van der Waals surface area contributed by atoms with Gasteiger partial charge in [0.15, 0.2) is 17.5 Å². The lowest BCUT2D eigenvalue weighted by atomic mass is 10.2. The van der Waals surface area contributed by atoms with E-state index in [2.05, 4.69) is 10.4 Å². The summed E-state index contributed by atoms with van der Waals surface area (Å²) in [4.78, 5) is 15.2. The molecule has 2 unspecified atom stereocenters. The van der Waals surface area contributed by atoms with Crippen LogP contribution in [0.3, 0.4) is 0 Å². The number of rotatable bonds is 3. The van der Waals surface area contributed by atoms with Crippen LogP contribution in [-0.4, -0.2) is 43.2 Å². The van der Waals surface area contributed by atoms with E-state index in [1.54, 1.807) is 22.9 Å². The summed E-state index contributed by atoms with van der Waals surface area (Å²) < 4.78 is 41.8. The number of hydrogen-bond donors (Lipinski definition) is 2. The molecule has 1 aromatic heterocycles. The number of nitrogens with zero attached hydrogens (tertiary/aromatic N) is 3. The van der Waals surface area contributed by atoms with E-state index in [4.69, 9.17) is 0 Å². The first-order valence-electron chi connectivity index (χ1n) is 10.4. The smallest absolute Gasteiger partial charge is 0.322 e. The van der Waals surface area contributed by atoms with Crippen molar-refractivity contribution < 1.29 is 23.1 Å². The number of halogens is 3. The van der Waals surface area contributed by atoms with E-state index in [0.29, 0.717) is 11.8 Å². The fourth-order valence-electron chi connectivity index (χ4n) is 3.77. The minimum Gasteiger partial charge on any atom is -0.393 e. The molecular formula is C21H27F3N4O2S. The van der Waals surface area contributed by atoms with Gasteiger partial charge in [-0.05, 0) is 26.2 Å². The molecule has 1 fully saturated rings. The second-order valence-corrected chi connectivity index (χ2v) is 8.85. The zero-order chi connectivity index (χ0) is 22.7. The molecular weight excluding hydrogens is 429 g/mol. The molecule has 4 rings (SSSR count). The second kappa shape index (κ2) is 9.95. The van der Waals surface area contributed by atoms with Crippen LogP contribution in [0.2, 0.25) is 0 Å². The van der Waals surface area contributed by atoms with Crippen molar-refractivity contribution in [3.63, 3.8) is 0 Å². The highest BCUT2D eigenvalue weighted by Crippen LogP contribution is 2.38. The van der Waals surface area contributed by atoms with Crippen LogP contribution in [0.25, 0.3) is 0 Å². The second-order valence-electron chi connectivity index (χ2n) is 7.51. The van der Waals surface area contributed by atoms with Gasteiger partial charge < -0.3 is 15.3 Å². The van der Waals surface area contributed by atoms with E-state index >= 15 is 0 Å². The zero-order valence-electron chi connectivity index (χ0n) is 17.7. The van der Waals surface area contributed by atoms with Crippen molar-refractivity contribution in [2.75, 3.05) is 5.32 Å². The van der Waals surface area contributed by atoms with Gasteiger partial charge in [0.1, 0.15) is 0 Å². The van der Waals surface area contributed by atoms with E-state index in [1.165, 1.54) is 0 Å². The van der Waals surface area contributed by atoms with Crippen LogP contribution in [0.4, 0.5) is 23.7 Å². The van der Waals surface area contributed by atoms with Crippen molar-refractivity contribution in [3.8, 4) is 0 Å². The first kappa shape index (κ1) is 23.5. The lowest BCUT2D eigenvalue weighted by Crippen LogP contribution is -2.47. The molecule has 2 amide bonds. The maximum atomic E-state index is 13.4. The van der Waals surface area contributed by atoms with Crippen molar-refractivity contribution in [1.82, 2.24) is 14.7 Å². The molecule has 170 valence electrons. The van der Waals surface area contributed by atoms with Gasteiger partial charge >= 0.3 is 6.03 Å². The standard InChI is InChI=1S/C19H21F3N4O2S.C2H6/c1-10-8-26-16(17(7-23-26)29-13-3-2-12(27)6-13)9-25(10)19(28)24-11-4-14(20)18(22)15(21)5-11;1-2/h4-5,7,10,12-13,27H,2-3,6,8-9H2,1H3,(H,24,28);1-2H3/t10-,12?,13?;/m0./s1. The average Bonchev–Trinajstić information content (AvgIpc) is 3.32. The Morgan fingerprint density at radius 2 is 1.90 bits per heavy atom. The van der Waals surface area contributed by atoms with Gasteiger partial charge in [-0.1, -0.05) is 13.8 Å². The van der Waals surface area contributed by atoms with Gasteiger partial charge in [0, 0.05) is 23.1 Å². The van der Waals surface area contributed by atoms with Crippen LogP contribution in [0.1, 0.15) is 45.7 Å². The van der Waals surface area contributed by atoms with Crippen molar-refractivity contribution in [1.29, 1.82) is 0 Å². The largest absolute Gasteiger partial charge is 0.393 e. The van der Waals surface area contributed by atoms with Gasteiger partial charge in [0.2, 0.25) is 0 Å². The highest BCUT2D eigenvalue weighted by atomic mass is 32.2. The van der Waals surface area contributed by atoms with Crippen LogP contribution in [0.15, 0.2) is 23.2 Å². The Morgan fingerprint density at radius 3 is 2.52 bits per heavy atom. The number of aliphatic hydroxyl groups is 1. The number of amides is 2. The SMILES string of the molecule is CC.C[C@H]1Cn2ncc(SC3CCC(O)C3)c2CN1C(=O)Nc1cc(F)c(F)c(F)c1. The fraction of sp³-hybridized carbons (Fsp3) is 0.524. The predicted octanol–water partition coefficient (Wildman–Crippen LogP) is 4.77. The van der Waals surface area contributed by atoms with Gasteiger partial charge in [-0.3, -0.25) is 4.68 Å². The number of benzene rings is 1. The lowest BCUT2D eigenvalue weighted by molar-refractivity contribution is 0.160. The Labute approximate surface area is 183 Å². The van der Waals surface area contributed by atoms with Crippen LogP contribution < -0.4 is 5.32 Å². The summed E-state index contributed by atoms with van der Waals surface area (Å²) >= 11 is 1.66. The number of aromatic nitrogens is 2. The normalized spacial score (nSPS) is 22.5. The molecule has 3 atom stereocenters. The Hall–Kier alpha value is -2.20. The zero-order valence-corrected chi connectivity index (χ0v) is 18.6. The number of urea groups is 1. The third-order valence-corrected chi connectivity index (χ3v) is 6.70. The number of aliphatic hydroxyl groups excluding tert-OH is 1. The molecule has 2 aliphatic rings. The van der Waals surface area contributed by atoms with Crippen molar-refractivity contribution in [3.05, 3.63) is 41.5 Å². The Balaban J connectivity index is 0.00000132. The summed E-state index contributed by atoms with van der Waals surface area (Å²) in [6.45, 7) is 6.63. The predicted molar refractivity (Wildman–Crippen MR) is 113 cm³/mol. The average molecular weight is 457 g/mol.